The average Bonchev–Trinajstić information content (AvgIpc) is 3.25. The molecule has 0 atom stereocenters. The lowest BCUT2D eigenvalue weighted by Crippen LogP contribution is -2.25. The lowest BCUT2D eigenvalue weighted by molar-refractivity contribution is 0.0952. The number of nitrogens with zero attached hydrogens (tertiary/aromatic N) is 2. The molecule has 0 bridgehead atoms. The van der Waals surface area contributed by atoms with Crippen LogP contribution in [0.3, 0.4) is 0 Å². The summed E-state index contributed by atoms with van der Waals surface area (Å²) in [5.41, 5.74) is 0.395. The highest BCUT2D eigenvalue weighted by molar-refractivity contribution is 5.94. The van der Waals surface area contributed by atoms with Crippen LogP contribution in [-0.4, -0.2) is 31.3 Å². The standard InChI is InChI=1S/C15H19N3O3/c1-15(17-18-15)6-2-7-16-14(19)11-4-5-12-13(10-11)21-9-3-8-20-12/h4-5,10H,2-3,6-9H2,1H3,(H,16,19). The number of benzene rings is 1. The van der Waals surface area contributed by atoms with Crippen LogP contribution in [0.4, 0.5) is 0 Å². The molecule has 0 aliphatic carbocycles. The van der Waals surface area contributed by atoms with E-state index in [1.54, 1.807) is 18.2 Å². The van der Waals surface area contributed by atoms with Gasteiger partial charge in [0.2, 0.25) is 0 Å². The zero-order chi connectivity index (χ0) is 14.7. The van der Waals surface area contributed by atoms with Crippen LogP contribution in [0, 0.1) is 0 Å². The maximum Gasteiger partial charge on any atom is 0.251 e. The molecule has 1 aromatic rings. The molecule has 0 saturated carbocycles. The fourth-order valence-corrected chi connectivity index (χ4v) is 2.22. The molecule has 0 unspecified atom stereocenters. The van der Waals surface area contributed by atoms with Crippen molar-refractivity contribution in [1.29, 1.82) is 0 Å². The molecule has 112 valence electrons. The van der Waals surface area contributed by atoms with E-state index in [9.17, 15) is 4.79 Å². The summed E-state index contributed by atoms with van der Waals surface area (Å²) >= 11 is 0. The highest BCUT2D eigenvalue weighted by Gasteiger charge is 2.32. The zero-order valence-electron chi connectivity index (χ0n) is 12.1. The number of fused-ring (bicyclic) bond motifs is 1. The Morgan fingerprint density at radius 3 is 2.81 bits per heavy atom. The summed E-state index contributed by atoms with van der Waals surface area (Å²) in [4.78, 5) is 12.1. The number of hydrogen-bond donors (Lipinski definition) is 1. The van der Waals surface area contributed by atoms with Crippen LogP contribution >= 0.6 is 0 Å². The van der Waals surface area contributed by atoms with Crippen molar-refractivity contribution >= 4 is 5.91 Å². The fourth-order valence-electron chi connectivity index (χ4n) is 2.22. The summed E-state index contributed by atoms with van der Waals surface area (Å²) in [6.45, 7) is 3.86. The predicted molar refractivity (Wildman–Crippen MR) is 76.9 cm³/mol. The van der Waals surface area contributed by atoms with Crippen molar-refractivity contribution in [3.8, 4) is 11.5 Å². The van der Waals surface area contributed by atoms with Crippen LogP contribution in [0.5, 0.6) is 11.5 Å². The van der Waals surface area contributed by atoms with Gasteiger partial charge in [0.15, 0.2) is 17.2 Å². The maximum absolute atomic E-state index is 12.1. The smallest absolute Gasteiger partial charge is 0.251 e. The van der Waals surface area contributed by atoms with Gasteiger partial charge in [-0.15, -0.1) is 0 Å². The van der Waals surface area contributed by atoms with E-state index in [2.05, 4.69) is 15.5 Å². The number of nitrogens with one attached hydrogen (secondary N) is 1. The molecule has 0 spiro atoms. The molecule has 1 amide bonds. The minimum Gasteiger partial charge on any atom is -0.490 e. The van der Waals surface area contributed by atoms with Crippen LogP contribution in [-0.2, 0) is 0 Å². The Hall–Kier alpha value is -2.11. The van der Waals surface area contributed by atoms with Crippen LogP contribution < -0.4 is 14.8 Å². The first-order valence-corrected chi connectivity index (χ1v) is 7.28. The first kappa shape index (κ1) is 13.9. The topological polar surface area (TPSA) is 72.3 Å². The van der Waals surface area contributed by atoms with Crippen LogP contribution in [0.15, 0.2) is 28.4 Å². The highest BCUT2D eigenvalue weighted by atomic mass is 16.5. The van der Waals surface area contributed by atoms with E-state index in [4.69, 9.17) is 9.47 Å². The average molecular weight is 289 g/mol. The third kappa shape index (κ3) is 3.51. The molecule has 0 aromatic heterocycles. The number of rotatable bonds is 5. The molecule has 1 aromatic carbocycles. The minimum atomic E-state index is -0.194. The molecule has 21 heavy (non-hydrogen) atoms. The lowest BCUT2D eigenvalue weighted by Gasteiger charge is -2.10. The van der Waals surface area contributed by atoms with Crippen molar-refractivity contribution in [2.24, 2.45) is 10.2 Å². The van der Waals surface area contributed by atoms with Gasteiger partial charge in [0.1, 0.15) is 0 Å². The molecule has 0 radical (unpaired) electrons. The van der Waals surface area contributed by atoms with Gasteiger partial charge in [-0.1, -0.05) is 0 Å². The lowest BCUT2D eigenvalue weighted by atomic mass is 10.1. The zero-order valence-corrected chi connectivity index (χ0v) is 12.1. The Morgan fingerprint density at radius 1 is 1.29 bits per heavy atom. The Bertz CT molecular complexity index is 565. The molecule has 2 heterocycles. The third-order valence-electron chi connectivity index (χ3n) is 3.56. The van der Waals surface area contributed by atoms with Crippen molar-refractivity contribution in [2.75, 3.05) is 19.8 Å². The molecule has 0 fully saturated rings. The second-order valence-electron chi connectivity index (χ2n) is 5.49. The molecule has 6 heteroatoms. The van der Waals surface area contributed by atoms with Gasteiger partial charge in [0.25, 0.3) is 5.91 Å². The van der Waals surface area contributed by atoms with E-state index in [1.165, 1.54) is 0 Å². The van der Waals surface area contributed by atoms with Crippen LogP contribution in [0.25, 0.3) is 0 Å². The van der Waals surface area contributed by atoms with E-state index < -0.39 is 0 Å². The fraction of sp³-hybridized carbons (Fsp3) is 0.533. The molecule has 1 N–H and O–H groups in total. The van der Waals surface area contributed by atoms with Gasteiger partial charge in [-0.2, -0.15) is 10.2 Å². The monoisotopic (exact) mass is 289 g/mol. The number of carbonyl (C=O) groups excluding carboxylic acids is 1. The first-order valence-electron chi connectivity index (χ1n) is 7.28. The van der Waals surface area contributed by atoms with Gasteiger partial charge < -0.3 is 14.8 Å². The van der Waals surface area contributed by atoms with E-state index in [-0.39, 0.29) is 11.6 Å². The highest BCUT2D eigenvalue weighted by Crippen LogP contribution is 2.32. The van der Waals surface area contributed by atoms with Gasteiger partial charge >= 0.3 is 0 Å². The first-order chi connectivity index (χ1) is 10.2. The molecule has 3 rings (SSSR count). The Labute approximate surface area is 123 Å². The summed E-state index contributed by atoms with van der Waals surface area (Å²) in [5, 5.41) is 10.8. The van der Waals surface area contributed by atoms with Crippen LogP contribution in [0.2, 0.25) is 0 Å². The number of carbonyl (C=O) groups is 1. The Balaban J connectivity index is 1.53. The second kappa shape index (κ2) is 5.71. The quantitative estimate of drug-likeness (QED) is 0.847. The Kier molecular flexibility index (Phi) is 3.77. The van der Waals surface area contributed by atoms with E-state index >= 15 is 0 Å². The number of hydrogen-bond acceptors (Lipinski definition) is 5. The van der Waals surface area contributed by atoms with E-state index in [0.717, 1.165) is 19.3 Å². The second-order valence-corrected chi connectivity index (χ2v) is 5.49. The molecule has 2 aliphatic rings. The summed E-state index contributed by atoms with van der Waals surface area (Å²) in [7, 11) is 0. The van der Waals surface area contributed by atoms with Gasteiger partial charge in [-0.05, 0) is 38.0 Å². The molecule has 6 nitrogen and oxygen atoms in total. The number of ether oxygens (including phenoxy) is 2. The van der Waals surface area contributed by atoms with Gasteiger partial charge in [-0.3, -0.25) is 4.79 Å². The van der Waals surface area contributed by atoms with E-state index in [1.807, 2.05) is 6.92 Å². The summed E-state index contributed by atoms with van der Waals surface area (Å²) in [6, 6.07) is 5.29. The Morgan fingerprint density at radius 2 is 2.05 bits per heavy atom. The van der Waals surface area contributed by atoms with E-state index in [0.29, 0.717) is 36.8 Å². The molecular weight excluding hydrogens is 270 g/mol. The maximum atomic E-state index is 12.1. The third-order valence-corrected chi connectivity index (χ3v) is 3.56. The molecular formula is C15H19N3O3. The SMILES string of the molecule is CC1(CCCNC(=O)c2ccc3c(c2)OCCCO3)N=N1. The predicted octanol–water partition coefficient (Wildman–Crippen LogP) is 2.54. The van der Waals surface area contributed by atoms with Gasteiger partial charge in [0, 0.05) is 18.5 Å². The van der Waals surface area contributed by atoms with Crippen molar-refractivity contribution in [3.63, 3.8) is 0 Å². The number of amides is 1. The normalized spacial score (nSPS) is 18.0. The van der Waals surface area contributed by atoms with Gasteiger partial charge in [0.05, 0.1) is 13.2 Å². The van der Waals surface area contributed by atoms with Crippen molar-refractivity contribution in [2.45, 2.75) is 31.8 Å². The van der Waals surface area contributed by atoms with Crippen molar-refractivity contribution in [3.05, 3.63) is 23.8 Å². The van der Waals surface area contributed by atoms with Crippen LogP contribution in [0.1, 0.15) is 36.5 Å². The van der Waals surface area contributed by atoms with Gasteiger partial charge in [-0.25, -0.2) is 0 Å². The summed E-state index contributed by atoms with van der Waals surface area (Å²) in [6.07, 6.45) is 2.58. The summed E-state index contributed by atoms with van der Waals surface area (Å²) < 4.78 is 11.1. The largest absolute Gasteiger partial charge is 0.490 e. The van der Waals surface area contributed by atoms with Crippen molar-refractivity contribution in [1.82, 2.24) is 5.32 Å². The summed E-state index contributed by atoms with van der Waals surface area (Å²) in [5.74, 6) is 1.25. The molecule has 0 saturated heterocycles. The molecule has 2 aliphatic heterocycles. The minimum absolute atomic E-state index is 0.0968. The van der Waals surface area contributed by atoms with Crippen molar-refractivity contribution < 1.29 is 14.3 Å².